The molecule has 4 rings (SSSR count). The number of rotatable bonds is 13. The molecule has 1 N–H and O–H groups in total. The van der Waals surface area contributed by atoms with Gasteiger partial charge in [0.2, 0.25) is 11.8 Å². The molecule has 45 heavy (non-hydrogen) atoms. The van der Waals surface area contributed by atoms with Gasteiger partial charge in [0.25, 0.3) is 10.0 Å². The summed E-state index contributed by atoms with van der Waals surface area (Å²) in [5.74, 6) is -0.952. The average Bonchev–Trinajstić information content (AvgIpc) is 3.03. The minimum Gasteiger partial charge on any atom is -0.352 e. The highest BCUT2D eigenvalue weighted by Gasteiger charge is 2.35. The van der Waals surface area contributed by atoms with Crippen molar-refractivity contribution in [2.75, 3.05) is 10.8 Å². The second kappa shape index (κ2) is 15.4. The first-order valence-electron chi connectivity index (χ1n) is 14.7. The Bertz CT molecular complexity index is 1700. The largest absolute Gasteiger partial charge is 0.352 e. The molecule has 0 aromatic heterocycles. The number of para-hydroxylation sites is 1. The van der Waals surface area contributed by atoms with Crippen molar-refractivity contribution >= 4 is 50.7 Å². The van der Waals surface area contributed by atoms with Gasteiger partial charge in [0.1, 0.15) is 12.6 Å². The topological polar surface area (TPSA) is 86.8 Å². The van der Waals surface area contributed by atoms with Crippen LogP contribution in [0.1, 0.15) is 37.0 Å². The Morgan fingerprint density at radius 3 is 2.00 bits per heavy atom. The Kier molecular flexibility index (Phi) is 11.7. The molecular weight excluding hydrogens is 629 g/mol. The van der Waals surface area contributed by atoms with Gasteiger partial charge in [-0.3, -0.25) is 13.9 Å². The Morgan fingerprint density at radius 1 is 0.822 bits per heavy atom. The lowest BCUT2D eigenvalue weighted by Gasteiger charge is -2.35. The number of carbonyl (C=O) groups excluding carboxylic acids is 2. The summed E-state index contributed by atoms with van der Waals surface area (Å²) < 4.78 is 29.3. The predicted octanol–water partition coefficient (Wildman–Crippen LogP) is 7.05. The third-order valence-corrected chi connectivity index (χ3v) is 10.1. The number of benzene rings is 4. The molecule has 4 aromatic carbocycles. The summed E-state index contributed by atoms with van der Waals surface area (Å²) in [6.07, 6.45) is 0.872. The van der Waals surface area contributed by atoms with Gasteiger partial charge in [-0.1, -0.05) is 103 Å². The lowest BCUT2D eigenvalue weighted by molar-refractivity contribution is -0.140. The molecule has 0 aliphatic heterocycles. The maximum Gasteiger partial charge on any atom is 0.264 e. The van der Waals surface area contributed by atoms with Crippen molar-refractivity contribution in [3.63, 3.8) is 0 Å². The number of sulfonamides is 1. The van der Waals surface area contributed by atoms with E-state index in [0.717, 1.165) is 9.87 Å². The van der Waals surface area contributed by atoms with Gasteiger partial charge >= 0.3 is 0 Å². The lowest BCUT2D eigenvalue weighted by atomic mass is 10.0. The van der Waals surface area contributed by atoms with E-state index in [4.69, 9.17) is 23.2 Å². The van der Waals surface area contributed by atoms with Crippen molar-refractivity contribution in [2.24, 2.45) is 0 Å². The molecule has 236 valence electrons. The zero-order chi connectivity index (χ0) is 32.6. The fourth-order valence-electron chi connectivity index (χ4n) is 4.93. The third kappa shape index (κ3) is 8.45. The molecule has 0 radical (unpaired) electrons. The molecule has 0 saturated carbocycles. The summed E-state index contributed by atoms with van der Waals surface area (Å²) in [4.78, 5) is 30.0. The van der Waals surface area contributed by atoms with Crippen molar-refractivity contribution in [3.8, 4) is 0 Å². The minimum absolute atomic E-state index is 0.0390. The highest BCUT2D eigenvalue weighted by Crippen LogP contribution is 2.30. The van der Waals surface area contributed by atoms with E-state index in [9.17, 15) is 18.0 Å². The Morgan fingerprint density at radius 2 is 1.40 bits per heavy atom. The van der Waals surface area contributed by atoms with Crippen LogP contribution < -0.4 is 9.62 Å². The second-order valence-electron chi connectivity index (χ2n) is 10.9. The number of carbonyl (C=O) groups is 2. The van der Waals surface area contributed by atoms with Crippen LogP contribution in [0, 0.1) is 6.92 Å². The number of hydrogen-bond acceptors (Lipinski definition) is 4. The van der Waals surface area contributed by atoms with Gasteiger partial charge in [0.15, 0.2) is 0 Å². The Hall–Kier alpha value is -3.85. The normalized spacial score (nSPS) is 12.6. The summed E-state index contributed by atoms with van der Waals surface area (Å²) in [7, 11) is -4.19. The van der Waals surface area contributed by atoms with Crippen LogP contribution in [0.2, 0.25) is 10.0 Å². The number of hydrogen-bond donors (Lipinski definition) is 1. The Labute approximate surface area is 275 Å². The standard InChI is InChI=1S/C35H37Cl2N3O4S/c1-4-26(3)38-35(42)33(22-27-15-7-5-8-16-27)39(23-29-30(36)19-13-20-31(29)37)34(41)24-40(32-21-12-11-14-25(32)2)45(43,44)28-17-9-6-10-18-28/h5-21,26,33H,4,22-24H2,1-3H3,(H,38,42). The molecule has 0 bridgehead atoms. The quantitative estimate of drug-likeness (QED) is 0.166. The van der Waals surface area contributed by atoms with Crippen LogP contribution in [0.4, 0.5) is 5.69 Å². The van der Waals surface area contributed by atoms with Gasteiger partial charge in [-0.25, -0.2) is 8.42 Å². The molecule has 0 fully saturated rings. The maximum absolute atomic E-state index is 14.6. The molecule has 0 aliphatic rings. The average molecular weight is 667 g/mol. The van der Waals surface area contributed by atoms with E-state index >= 15 is 0 Å². The summed E-state index contributed by atoms with van der Waals surface area (Å²) in [5, 5.41) is 3.67. The van der Waals surface area contributed by atoms with E-state index in [-0.39, 0.29) is 29.8 Å². The summed E-state index contributed by atoms with van der Waals surface area (Å²) >= 11 is 13.2. The number of halogens is 2. The van der Waals surface area contributed by atoms with E-state index in [1.807, 2.05) is 44.2 Å². The fraction of sp³-hybridized carbons (Fsp3) is 0.257. The highest BCUT2D eigenvalue weighted by atomic mass is 35.5. The molecule has 0 spiro atoms. The zero-order valence-electron chi connectivity index (χ0n) is 25.5. The third-order valence-electron chi connectivity index (χ3n) is 7.66. The van der Waals surface area contributed by atoms with Crippen molar-refractivity contribution in [1.82, 2.24) is 10.2 Å². The first-order chi connectivity index (χ1) is 21.5. The number of anilines is 1. The lowest BCUT2D eigenvalue weighted by Crippen LogP contribution is -2.54. The molecule has 0 aliphatic carbocycles. The molecule has 0 heterocycles. The van der Waals surface area contributed by atoms with Gasteiger partial charge in [-0.15, -0.1) is 0 Å². The van der Waals surface area contributed by atoms with Crippen LogP contribution in [0.25, 0.3) is 0 Å². The number of amides is 2. The van der Waals surface area contributed by atoms with Crippen molar-refractivity contribution < 1.29 is 18.0 Å². The van der Waals surface area contributed by atoms with Crippen molar-refractivity contribution in [3.05, 3.63) is 130 Å². The van der Waals surface area contributed by atoms with Gasteiger partial charge in [-0.05, 0) is 61.7 Å². The smallest absolute Gasteiger partial charge is 0.264 e. The molecule has 2 atom stereocenters. The first-order valence-corrected chi connectivity index (χ1v) is 16.9. The maximum atomic E-state index is 14.6. The number of aryl methyl sites for hydroxylation is 1. The van der Waals surface area contributed by atoms with Crippen molar-refractivity contribution in [2.45, 2.75) is 57.1 Å². The minimum atomic E-state index is -4.19. The van der Waals surface area contributed by atoms with Crippen LogP contribution >= 0.6 is 23.2 Å². The fourth-order valence-corrected chi connectivity index (χ4v) is 6.94. The molecule has 2 amide bonds. The van der Waals surface area contributed by atoms with Crippen LogP contribution in [0.3, 0.4) is 0 Å². The molecule has 4 aromatic rings. The molecular formula is C35H37Cl2N3O4S. The van der Waals surface area contributed by atoms with Gasteiger partial charge in [0.05, 0.1) is 10.6 Å². The first kappa shape index (κ1) is 34.0. The SMILES string of the molecule is CCC(C)NC(=O)C(Cc1ccccc1)N(Cc1c(Cl)cccc1Cl)C(=O)CN(c1ccccc1C)S(=O)(=O)c1ccccc1. The van der Waals surface area contributed by atoms with Gasteiger partial charge in [-0.2, -0.15) is 0 Å². The summed E-state index contributed by atoms with van der Waals surface area (Å²) in [5.41, 5.74) is 2.31. The van der Waals surface area contributed by atoms with E-state index in [1.165, 1.54) is 17.0 Å². The molecule has 7 nitrogen and oxygen atoms in total. The summed E-state index contributed by atoms with van der Waals surface area (Å²) in [6.45, 7) is 4.95. The van der Waals surface area contributed by atoms with Crippen LogP contribution in [-0.4, -0.2) is 43.8 Å². The second-order valence-corrected chi connectivity index (χ2v) is 13.5. The van der Waals surface area contributed by atoms with Crippen LogP contribution in [0.5, 0.6) is 0 Å². The van der Waals surface area contributed by atoms with E-state index in [0.29, 0.717) is 33.3 Å². The van der Waals surface area contributed by atoms with Crippen LogP contribution in [-0.2, 0) is 32.6 Å². The van der Waals surface area contributed by atoms with E-state index < -0.39 is 28.5 Å². The summed E-state index contributed by atoms with van der Waals surface area (Å²) in [6, 6.07) is 28.2. The van der Waals surface area contributed by atoms with E-state index in [2.05, 4.69) is 5.32 Å². The zero-order valence-corrected chi connectivity index (χ0v) is 27.8. The molecule has 0 saturated heterocycles. The molecule has 2 unspecified atom stereocenters. The van der Waals surface area contributed by atoms with Crippen molar-refractivity contribution in [1.29, 1.82) is 0 Å². The van der Waals surface area contributed by atoms with Gasteiger partial charge in [0, 0.05) is 34.6 Å². The monoisotopic (exact) mass is 665 g/mol. The highest BCUT2D eigenvalue weighted by molar-refractivity contribution is 7.92. The van der Waals surface area contributed by atoms with E-state index in [1.54, 1.807) is 67.6 Å². The number of nitrogens with zero attached hydrogens (tertiary/aromatic N) is 2. The van der Waals surface area contributed by atoms with Crippen LogP contribution in [0.15, 0.2) is 108 Å². The van der Waals surface area contributed by atoms with Gasteiger partial charge < -0.3 is 10.2 Å². The number of nitrogens with one attached hydrogen (secondary N) is 1. The Balaban J connectivity index is 1.85. The molecule has 10 heteroatoms. The predicted molar refractivity (Wildman–Crippen MR) is 181 cm³/mol.